The fourth-order valence-corrected chi connectivity index (χ4v) is 2.87. The van der Waals surface area contributed by atoms with Gasteiger partial charge in [0.2, 0.25) is 0 Å². The largest absolute Gasteiger partial charge is 0.347 e. The molecule has 0 aliphatic carbocycles. The molecule has 0 fully saturated rings. The number of hydrogen-bond acceptors (Lipinski definition) is 4. The first-order valence-electron chi connectivity index (χ1n) is 6.92. The van der Waals surface area contributed by atoms with Crippen LogP contribution in [-0.2, 0) is 6.54 Å². The van der Waals surface area contributed by atoms with Crippen LogP contribution in [0.15, 0.2) is 55.0 Å². The Labute approximate surface area is 132 Å². The molecule has 0 saturated carbocycles. The maximum atomic E-state index is 12.1. The number of nitrogens with zero attached hydrogens (tertiary/aromatic N) is 2. The van der Waals surface area contributed by atoms with Gasteiger partial charge in [0.25, 0.3) is 5.91 Å². The van der Waals surface area contributed by atoms with Crippen molar-refractivity contribution in [2.45, 2.75) is 13.5 Å². The third kappa shape index (κ3) is 3.38. The van der Waals surface area contributed by atoms with E-state index in [4.69, 9.17) is 0 Å². The number of aromatic nitrogens is 2. The molecule has 0 unspecified atom stereocenters. The van der Waals surface area contributed by atoms with Crippen LogP contribution >= 0.6 is 11.3 Å². The first-order chi connectivity index (χ1) is 10.7. The van der Waals surface area contributed by atoms with Gasteiger partial charge in [-0.2, -0.15) is 0 Å². The number of amides is 1. The van der Waals surface area contributed by atoms with Gasteiger partial charge in [-0.15, -0.1) is 11.3 Å². The lowest BCUT2D eigenvalue weighted by atomic mass is 10.1. The summed E-state index contributed by atoms with van der Waals surface area (Å²) >= 11 is 1.50. The minimum Gasteiger partial charge on any atom is -0.347 e. The van der Waals surface area contributed by atoms with E-state index in [-0.39, 0.29) is 5.91 Å². The average Bonchev–Trinajstić information content (AvgIpc) is 3.00. The van der Waals surface area contributed by atoms with Crippen LogP contribution in [0.25, 0.3) is 11.3 Å². The summed E-state index contributed by atoms with van der Waals surface area (Å²) in [5.74, 6) is -0.0413. The first-order valence-corrected chi connectivity index (χ1v) is 7.74. The lowest BCUT2D eigenvalue weighted by Crippen LogP contribution is -2.21. The summed E-state index contributed by atoms with van der Waals surface area (Å²) in [6.45, 7) is 2.47. The molecule has 0 aromatic carbocycles. The number of aryl methyl sites for hydroxylation is 1. The third-order valence-electron chi connectivity index (χ3n) is 3.22. The number of thiophene rings is 1. The maximum absolute atomic E-state index is 12.1. The summed E-state index contributed by atoms with van der Waals surface area (Å²) in [7, 11) is 0. The summed E-state index contributed by atoms with van der Waals surface area (Å²) < 4.78 is 0. The second kappa shape index (κ2) is 6.49. The molecular weight excluding hydrogens is 294 g/mol. The van der Waals surface area contributed by atoms with Gasteiger partial charge < -0.3 is 5.32 Å². The van der Waals surface area contributed by atoms with Gasteiger partial charge in [0.05, 0.1) is 10.6 Å². The first kappa shape index (κ1) is 14.4. The number of carbonyl (C=O) groups is 1. The average molecular weight is 309 g/mol. The minimum absolute atomic E-state index is 0.0413. The van der Waals surface area contributed by atoms with E-state index < -0.39 is 0 Å². The van der Waals surface area contributed by atoms with E-state index in [1.807, 2.05) is 43.3 Å². The van der Waals surface area contributed by atoms with Crippen LogP contribution in [0.4, 0.5) is 0 Å². The van der Waals surface area contributed by atoms with Crippen molar-refractivity contribution in [2.75, 3.05) is 0 Å². The zero-order chi connectivity index (χ0) is 15.4. The number of hydrogen-bond donors (Lipinski definition) is 1. The van der Waals surface area contributed by atoms with Gasteiger partial charge in [0.1, 0.15) is 0 Å². The highest BCUT2D eigenvalue weighted by molar-refractivity contribution is 7.13. The molecule has 1 amide bonds. The Kier molecular flexibility index (Phi) is 4.25. The maximum Gasteiger partial charge on any atom is 0.261 e. The van der Waals surface area contributed by atoms with E-state index >= 15 is 0 Å². The van der Waals surface area contributed by atoms with Gasteiger partial charge in [0.15, 0.2) is 0 Å². The van der Waals surface area contributed by atoms with Gasteiger partial charge in [-0.25, -0.2) is 0 Å². The summed E-state index contributed by atoms with van der Waals surface area (Å²) in [4.78, 5) is 22.3. The van der Waals surface area contributed by atoms with Crippen molar-refractivity contribution in [1.29, 1.82) is 0 Å². The third-order valence-corrected chi connectivity index (χ3v) is 4.22. The van der Waals surface area contributed by atoms with E-state index in [1.165, 1.54) is 11.3 Å². The van der Waals surface area contributed by atoms with Crippen molar-refractivity contribution in [1.82, 2.24) is 15.3 Å². The molecule has 0 saturated heterocycles. The molecule has 110 valence electrons. The SMILES string of the molecule is Cc1ccc(C(=O)NCc2ccnc(-c3ccncc3)c2)s1. The molecule has 0 atom stereocenters. The molecule has 22 heavy (non-hydrogen) atoms. The Hall–Kier alpha value is -2.53. The van der Waals surface area contributed by atoms with Crippen LogP contribution in [0, 0.1) is 6.92 Å². The molecule has 0 bridgehead atoms. The molecule has 0 aliphatic rings. The molecule has 3 aromatic heterocycles. The van der Waals surface area contributed by atoms with Crippen LogP contribution in [0.1, 0.15) is 20.1 Å². The summed E-state index contributed by atoms with van der Waals surface area (Å²) in [5.41, 5.74) is 2.90. The molecule has 5 heteroatoms. The smallest absolute Gasteiger partial charge is 0.261 e. The standard InChI is InChI=1S/C17H15N3OS/c1-12-2-3-16(22-12)17(21)20-11-13-4-9-19-15(10-13)14-5-7-18-8-6-14/h2-10H,11H2,1H3,(H,20,21). The molecule has 4 nitrogen and oxygen atoms in total. The lowest BCUT2D eigenvalue weighted by molar-refractivity contribution is 0.0955. The van der Waals surface area contributed by atoms with Crippen LogP contribution in [-0.4, -0.2) is 15.9 Å². The Morgan fingerprint density at radius 3 is 2.68 bits per heavy atom. The quantitative estimate of drug-likeness (QED) is 0.803. The van der Waals surface area contributed by atoms with E-state index in [1.54, 1.807) is 18.6 Å². The van der Waals surface area contributed by atoms with E-state index in [2.05, 4.69) is 15.3 Å². The van der Waals surface area contributed by atoms with Gasteiger partial charge in [0, 0.05) is 35.6 Å². The number of pyridine rings is 2. The normalized spacial score (nSPS) is 10.4. The van der Waals surface area contributed by atoms with Crippen molar-refractivity contribution in [3.8, 4) is 11.3 Å². The zero-order valence-electron chi connectivity index (χ0n) is 12.1. The fourth-order valence-electron chi connectivity index (χ4n) is 2.09. The predicted molar refractivity (Wildman–Crippen MR) is 87.7 cm³/mol. The molecule has 0 spiro atoms. The van der Waals surface area contributed by atoms with Crippen molar-refractivity contribution < 1.29 is 4.79 Å². The minimum atomic E-state index is -0.0413. The molecule has 1 N–H and O–H groups in total. The Morgan fingerprint density at radius 1 is 1.14 bits per heavy atom. The van der Waals surface area contributed by atoms with E-state index in [0.29, 0.717) is 6.54 Å². The molecule has 3 rings (SSSR count). The molecule has 0 radical (unpaired) electrons. The highest BCUT2D eigenvalue weighted by atomic mass is 32.1. The predicted octanol–water partition coefficient (Wildman–Crippen LogP) is 3.44. The molecule has 3 aromatic rings. The Bertz CT molecular complexity index is 783. The topological polar surface area (TPSA) is 54.9 Å². The molecule has 0 aliphatic heterocycles. The number of nitrogens with one attached hydrogen (secondary N) is 1. The summed E-state index contributed by atoms with van der Waals surface area (Å²) in [6, 6.07) is 11.5. The zero-order valence-corrected chi connectivity index (χ0v) is 12.9. The van der Waals surface area contributed by atoms with Crippen LogP contribution in [0.5, 0.6) is 0 Å². The molecular formula is C17H15N3OS. The second-order valence-corrected chi connectivity index (χ2v) is 6.17. The van der Waals surface area contributed by atoms with Crippen molar-refractivity contribution >= 4 is 17.2 Å². The number of carbonyl (C=O) groups excluding carboxylic acids is 1. The van der Waals surface area contributed by atoms with Crippen LogP contribution < -0.4 is 5.32 Å². The summed E-state index contributed by atoms with van der Waals surface area (Å²) in [6.07, 6.45) is 5.24. The van der Waals surface area contributed by atoms with Gasteiger partial charge in [-0.05, 0) is 48.9 Å². The Morgan fingerprint density at radius 2 is 1.95 bits per heavy atom. The van der Waals surface area contributed by atoms with Crippen molar-refractivity contribution in [3.05, 3.63) is 70.3 Å². The van der Waals surface area contributed by atoms with E-state index in [0.717, 1.165) is 26.6 Å². The van der Waals surface area contributed by atoms with E-state index in [9.17, 15) is 4.79 Å². The van der Waals surface area contributed by atoms with Crippen molar-refractivity contribution in [2.24, 2.45) is 0 Å². The van der Waals surface area contributed by atoms with Gasteiger partial charge in [-0.1, -0.05) is 0 Å². The monoisotopic (exact) mass is 309 g/mol. The van der Waals surface area contributed by atoms with Gasteiger partial charge >= 0.3 is 0 Å². The second-order valence-electron chi connectivity index (χ2n) is 4.88. The highest BCUT2D eigenvalue weighted by Gasteiger charge is 2.08. The van der Waals surface area contributed by atoms with Gasteiger partial charge in [-0.3, -0.25) is 14.8 Å². The summed E-state index contributed by atoms with van der Waals surface area (Å²) in [5, 5.41) is 2.94. The molecule has 3 heterocycles. The van der Waals surface area contributed by atoms with Crippen LogP contribution in [0.3, 0.4) is 0 Å². The number of rotatable bonds is 4. The van der Waals surface area contributed by atoms with Crippen LogP contribution in [0.2, 0.25) is 0 Å². The lowest BCUT2D eigenvalue weighted by Gasteiger charge is -2.06. The van der Waals surface area contributed by atoms with Crippen molar-refractivity contribution in [3.63, 3.8) is 0 Å². The highest BCUT2D eigenvalue weighted by Crippen LogP contribution is 2.17. The fraction of sp³-hybridized carbons (Fsp3) is 0.118. The Balaban J connectivity index is 1.70.